The third-order valence-electron chi connectivity index (χ3n) is 4.11. The minimum Gasteiger partial charge on any atom is -0.381 e. The van der Waals surface area contributed by atoms with Gasteiger partial charge in [0, 0.05) is 47.3 Å². The van der Waals surface area contributed by atoms with Gasteiger partial charge < -0.3 is 5.32 Å². The summed E-state index contributed by atoms with van der Waals surface area (Å²) in [6.07, 6.45) is 2.63. The van der Waals surface area contributed by atoms with Crippen LogP contribution in [0.25, 0.3) is 0 Å². The lowest BCUT2D eigenvalue weighted by Gasteiger charge is -2.38. The minimum atomic E-state index is 0.615. The molecule has 0 radical (unpaired) electrons. The molecular formula is C16H24N2S2. The first-order valence-corrected chi connectivity index (χ1v) is 9.94. The minimum absolute atomic E-state index is 0.615. The highest BCUT2D eigenvalue weighted by molar-refractivity contribution is 8.03. The lowest BCUT2D eigenvalue weighted by Crippen LogP contribution is -2.48. The normalized spacial score (nSPS) is 26.1. The van der Waals surface area contributed by atoms with Gasteiger partial charge in [0.25, 0.3) is 0 Å². The van der Waals surface area contributed by atoms with Crippen molar-refractivity contribution in [3.8, 4) is 0 Å². The van der Waals surface area contributed by atoms with Crippen LogP contribution in [0.3, 0.4) is 0 Å². The van der Waals surface area contributed by atoms with Crippen molar-refractivity contribution in [2.24, 2.45) is 0 Å². The van der Waals surface area contributed by atoms with Crippen LogP contribution in [0.5, 0.6) is 0 Å². The van der Waals surface area contributed by atoms with E-state index in [1.54, 1.807) is 0 Å². The molecule has 1 atom stereocenters. The average molecular weight is 309 g/mol. The lowest BCUT2D eigenvalue weighted by atomic mass is 10.0. The molecule has 2 aliphatic heterocycles. The number of para-hydroxylation sites is 1. The molecule has 0 aliphatic carbocycles. The van der Waals surface area contributed by atoms with Crippen molar-refractivity contribution < 1.29 is 0 Å². The largest absolute Gasteiger partial charge is 0.381 e. The summed E-state index contributed by atoms with van der Waals surface area (Å²) in [5.41, 5.74) is 1.27. The summed E-state index contributed by atoms with van der Waals surface area (Å²) < 4.78 is 0. The molecule has 4 heteroatoms. The van der Waals surface area contributed by atoms with Gasteiger partial charge in [-0.25, -0.2) is 0 Å². The standard InChI is InChI=1S/C16H24N2S2/c1-2-5-14(6-3-1)17-15-7-4-8-18(11-15)16-12-19-9-10-20-13-16/h1-3,5-6,15-17H,4,7-13H2/t15-/m0/s1. The van der Waals surface area contributed by atoms with Gasteiger partial charge >= 0.3 is 0 Å². The number of thioether (sulfide) groups is 2. The second-order valence-electron chi connectivity index (χ2n) is 5.65. The van der Waals surface area contributed by atoms with Crippen LogP contribution < -0.4 is 5.32 Å². The fourth-order valence-electron chi connectivity index (χ4n) is 3.04. The van der Waals surface area contributed by atoms with Crippen LogP contribution in [0.15, 0.2) is 30.3 Å². The van der Waals surface area contributed by atoms with Gasteiger partial charge in [0.2, 0.25) is 0 Å². The van der Waals surface area contributed by atoms with Crippen LogP contribution in [0, 0.1) is 0 Å². The predicted molar refractivity (Wildman–Crippen MR) is 93.1 cm³/mol. The van der Waals surface area contributed by atoms with Crippen LogP contribution in [0.4, 0.5) is 5.69 Å². The van der Waals surface area contributed by atoms with Gasteiger partial charge in [-0.05, 0) is 31.5 Å². The third-order valence-corrected chi connectivity index (χ3v) is 6.59. The van der Waals surface area contributed by atoms with E-state index in [2.05, 4.69) is 64.1 Å². The van der Waals surface area contributed by atoms with Gasteiger partial charge in [-0.1, -0.05) is 18.2 Å². The molecule has 2 nitrogen and oxygen atoms in total. The maximum Gasteiger partial charge on any atom is 0.0389 e. The second-order valence-corrected chi connectivity index (χ2v) is 7.95. The molecule has 1 aromatic carbocycles. The zero-order valence-corrected chi connectivity index (χ0v) is 13.6. The Morgan fingerprint density at radius 2 is 1.80 bits per heavy atom. The molecule has 0 saturated carbocycles. The summed E-state index contributed by atoms with van der Waals surface area (Å²) in [5.74, 6) is 5.32. The number of benzene rings is 1. The smallest absolute Gasteiger partial charge is 0.0389 e. The van der Waals surface area contributed by atoms with Crippen molar-refractivity contribution >= 4 is 29.2 Å². The van der Waals surface area contributed by atoms with Crippen LogP contribution >= 0.6 is 23.5 Å². The van der Waals surface area contributed by atoms with Gasteiger partial charge in [-0.15, -0.1) is 0 Å². The quantitative estimate of drug-likeness (QED) is 0.920. The van der Waals surface area contributed by atoms with Gasteiger partial charge in [-0.2, -0.15) is 23.5 Å². The van der Waals surface area contributed by atoms with E-state index in [-0.39, 0.29) is 0 Å². The fraction of sp³-hybridized carbons (Fsp3) is 0.625. The zero-order chi connectivity index (χ0) is 13.6. The van der Waals surface area contributed by atoms with Crippen LogP contribution in [-0.4, -0.2) is 53.1 Å². The number of likely N-dealkylation sites (tertiary alicyclic amines) is 1. The predicted octanol–water partition coefficient (Wildman–Crippen LogP) is 3.41. The number of piperidine rings is 1. The molecule has 0 aromatic heterocycles. The first-order valence-electron chi connectivity index (χ1n) is 7.63. The molecule has 0 unspecified atom stereocenters. The Balaban J connectivity index is 1.55. The van der Waals surface area contributed by atoms with Gasteiger partial charge in [-0.3, -0.25) is 4.90 Å². The Labute approximate surface area is 131 Å². The van der Waals surface area contributed by atoms with Crippen LogP contribution in [0.1, 0.15) is 12.8 Å². The summed E-state index contributed by atoms with van der Waals surface area (Å²) in [6, 6.07) is 12.1. The number of rotatable bonds is 3. The molecule has 0 spiro atoms. The highest BCUT2D eigenvalue weighted by atomic mass is 32.2. The fourth-order valence-corrected chi connectivity index (χ4v) is 5.67. The summed E-state index contributed by atoms with van der Waals surface area (Å²) >= 11 is 4.28. The molecule has 2 heterocycles. The Morgan fingerprint density at radius 3 is 2.55 bits per heavy atom. The van der Waals surface area contributed by atoms with Crippen molar-refractivity contribution in [2.75, 3.05) is 41.4 Å². The van der Waals surface area contributed by atoms with E-state index in [0.29, 0.717) is 6.04 Å². The maximum atomic E-state index is 3.71. The highest BCUT2D eigenvalue weighted by Crippen LogP contribution is 2.24. The summed E-state index contributed by atoms with van der Waals surface area (Å²) in [6.45, 7) is 2.50. The number of nitrogens with one attached hydrogen (secondary N) is 1. The van der Waals surface area contributed by atoms with Crippen molar-refractivity contribution in [3.63, 3.8) is 0 Å². The number of nitrogens with zero attached hydrogens (tertiary/aromatic N) is 1. The Hall–Kier alpha value is -0.320. The van der Waals surface area contributed by atoms with E-state index >= 15 is 0 Å². The number of hydrogen-bond donors (Lipinski definition) is 1. The summed E-state index contributed by atoms with van der Waals surface area (Å²) in [4.78, 5) is 2.73. The maximum absolute atomic E-state index is 3.71. The van der Waals surface area contributed by atoms with Gasteiger partial charge in [0.15, 0.2) is 0 Å². The Morgan fingerprint density at radius 1 is 1.05 bits per heavy atom. The summed E-state index contributed by atoms with van der Waals surface area (Å²) in [7, 11) is 0. The van der Waals surface area contributed by atoms with Gasteiger partial charge in [0.05, 0.1) is 0 Å². The first kappa shape index (κ1) is 14.6. The topological polar surface area (TPSA) is 15.3 Å². The molecule has 0 bridgehead atoms. The molecule has 0 amide bonds. The zero-order valence-electron chi connectivity index (χ0n) is 12.0. The molecule has 1 aromatic rings. The molecule has 3 rings (SSSR count). The molecule has 2 fully saturated rings. The highest BCUT2D eigenvalue weighted by Gasteiger charge is 2.26. The number of anilines is 1. The first-order chi connectivity index (χ1) is 9.92. The van der Waals surface area contributed by atoms with Crippen molar-refractivity contribution in [1.29, 1.82) is 0 Å². The van der Waals surface area contributed by atoms with E-state index in [1.165, 1.54) is 54.6 Å². The van der Waals surface area contributed by atoms with E-state index in [0.717, 1.165) is 6.04 Å². The van der Waals surface area contributed by atoms with Crippen LogP contribution in [-0.2, 0) is 0 Å². The molecule has 2 saturated heterocycles. The molecular weight excluding hydrogens is 284 g/mol. The average Bonchev–Trinajstić information content (AvgIpc) is 2.78. The van der Waals surface area contributed by atoms with Gasteiger partial charge in [0.1, 0.15) is 0 Å². The SMILES string of the molecule is c1ccc(N[C@H]2CCCN(C3CSCCSC3)C2)cc1. The van der Waals surface area contributed by atoms with E-state index < -0.39 is 0 Å². The monoisotopic (exact) mass is 308 g/mol. The third kappa shape index (κ3) is 4.09. The van der Waals surface area contributed by atoms with Crippen molar-refractivity contribution in [3.05, 3.63) is 30.3 Å². The van der Waals surface area contributed by atoms with E-state index in [4.69, 9.17) is 0 Å². The summed E-state index contributed by atoms with van der Waals surface area (Å²) in [5, 5.41) is 3.71. The number of hydrogen-bond acceptors (Lipinski definition) is 4. The van der Waals surface area contributed by atoms with E-state index in [9.17, 15) is 0 Å². The lowest BCUT2D eigenvalue weighted by molar-refractivity contribution is 0.180. The van der Waals surface area contributed by atoms with E-state index in [1.807, 2.05) is 0 Å². The Kier molecular flexibility index (Phi) is 5.57. The molecule has 110 valence electrons. The Bertz CT molecular complexity index is 391. The molecule has 1 N–H and O–H groups in total. The molecule has 2 aliphatic rings. The van der Waals surface area contributed by atoms with Crippen molar-refractivity contribution in [1.82, 2.24) is 4.90 Å². The molecule has 20 heavy (non-hydrogen) atoms. The van der Waals surface area contributed by atoms with Crippen LogP contribution in [0.2, 0.25) is 0 Å². The van der Waals surface area contributed by atoms with Crippen molar-refractivity contribution in [2.45, 2.75) is 24.9 Å². The second kappa shape index (κ2) is 7.62.